The monoisotopic (exact) mass is 464 g/mol. The number of hydrogen-bond acceptors (Lipinski definition) is 5. The summed E-state index contributed by atoms with van der Waals surface area (Å²) in [6.07, 6.45) is 4.31. The molecule has 0 fully saturated rings. The molecule has 2 aromatic heterocycles. The highest BCUT2D eigenvalue weighted by molar-refractivity contribution is 7.18. The number of rotatable bonds is 6. The lowest BCUT2D eigenvalue weighted by atomic mass is 10.1. The minimum Gasteiger partial charge on any atom is -0.336 e. The van der Waals surface area contributed by atoms with Crippen LogP contribution in [-0.4, -0.2) is 21.4 Å². The average molecular weight is 465 g/mol. The van der Waals surface area contributed by atoms with Crippen LogP contribution >= 0.6 is 22.9 Å². The molecule has 2 N–H and O–H groups in total. The Morgan fingerprint density at radius 3 is 2.41 bits per heavy atom. The first-order valence-electron chi connectivity index (χ1n) is 9.56. The maximum Gasteiger partial charge on any atom is 0.273 e. The molecule has 0 aliphatic rings. The Morgan fingerprint density at radius 1 is 1.00 bits per heavy atom. The van der Waals surface area contributed by atoms with E-state index in [4.69, 9.17) is 11.6 Å². The first-order chi connectivity index (χ1) is 15.5. The van der Waals surface area contributed by atoms with E-state index < -0.39 is 17.9 Å². The summed E-state index contributed by atoms with van der Waals surface area (Å²) in [5, 5.41) is 5.60. The summed E-state index contributed by atoms with van der Waals surface area (Å²) in [6, 6.07) is 18.1. The summed E-state index contributed by atoms with van der Waals surface area (Å²) in [4.78, 5) is 41.9. The largest absolute Gasteiger partial charge is 0.336 e. The van der Waals surface area contributed by atoms with Gasteiger partial charge in [-0.3, -0.25) is 23.9 Å². The van der Waals surface area contributed by atoms with Crippen LogP contribution in [0.15, 0.2) is 90.1 Å². The standard InChI is InChI=1S/C23H17ClN4O3S/c24-19-11-10-18(32-19)22(30)27-21(15-4-2-1-3-5-15)23(31)26-16-6-8-17(9-7-16)28-13-12-25-14-20(28)29/h1-14,21H,(H,26,31)(H,27,30). The maximum absolute atomic E-state index is 13.1. The highest BCUT2D eigenvalue weighted by atomic mass is 35.5. The number of halogens is 1. The van der Waals surface area contributed by atoms with Gasteiger partial charge in [0.15, 0.2) is 0 Å². The van der Waals surface area contributed by atoms with Crippen molar-refractivity contribution in [2.24, 2.45) is 0 Å². The van der Waals surface area contributed by atoms with Crippen LogP contribution in [0.1, 0.15) is 21.3 Å². The molecular formula is C23H17ClN4O3S. The van der Waals surface area contributed by atoms with E-state index in [1.807, 2.05) is 6.07 Å². The zero-order chi connectivity index (χ0) is 22.5. The molecule has 1 atom stereocenters. The molecule has 4 aromatic rings. The number of benzene rings is 2. The van der Waals surface area contributed by atoms with Gasteiger partial charge in [-0.05, 0) is 42.0 Å². The van der Waals surface area contributed by atoms with Crippen molar-refractivity contribution in [2.75, 3.05) is 5.32 Å². The van der Waals surface area contributed by atoms with E-state index in [2.05, 4.69) is 15.6 Å². The molecule has 0 radical (unpaired) electrons. The minimum absolute atomic E-state index is 0.259. The summed E-state index contributed by atoms with van der Waals surface area (Å²) in [7, 11) is 0. The van der Waals surface area contributed by atoms with Gasteiger partial charge in [-0.1, -0.05) is 41.9 Å². The van der Waals surface area contributed by atoms with Crippen molar-refractivity contribution in [1.29, 1.82) is 0 Å². The van der Waals surface area contributed by atoms with Crippen LogP contribution in [0.25, 0.3) is 5.69 Å². The van der Waals surface area contributed by atoms with E-state index in [1.54, 1.807) is 66.9 Å². The van der Waals surface area contributed by atoms with Crippen molar-refractivity contribution in [3.8, 4) is 5.69 Å². The van der Waals surface area contributed by atoms with E-state index in [9.17, 15) is 14.4 Å². The highest BCUT2D eigenvalue weighted by Gasteiger charge is 2.24. The van der Waals surface area contributed by atoms with Crippen molar-refractivity contribution < 1.29 is 9.59 Å². The summed E-state index contributed by atoms with van der Waals surface area (Å²) in [6.45, 7) is 0. The third-order valence-electron chi connectivity index (χ3n) is 4.60. The fourth-order valence-corrected chi connectivity index (χ4v) is 4.01. The molecule has 32 heavy (non-hydrogen) atoms. The number of carbonyl (C=O) groups excluding carboxylic acids is 2. The summed E-state index contributed by atoms with van der Waals surface area (Å²) < 4.78 is 1.93. The van der Waals surface area contributed by atoms with Gasteiger partial charge in [-0.2, -0.15) is 0 Å². The zero-order valence-electron chi connectivity index (χ0n) is 16.6. The maximum atomic E-state index is 13.1. The number of carbonyl (C=O) groups is 2. The number of aromatic nitrogens is 2. The predicted molar refractivity (Wildman–Crippen MR) is 124 cm³/mol. The minimum atomic E-state index is -0.910. The fraction of sp³-hybridized carbons (Fsp3) is 0.0435. The van der Waals surface area contributed by atoms with Crippen LogP contribution in [0.5, 0.6) is 0 Å². The number of amides is 2. The topological polar surface area (TPSA) is 93.1 Å². The van der Waals surface area contributed by atoms with Crippen LogP contribution in [0, 0.1) is 0 Å². The molecule has 7 nitrogen and oxygen atoms in total. The Labute approximate surface area is 192 Å². The highest BCUT2D eigenvalue weighted by Crippen LogP contribution is 2.23. The second-order valence-electron chi connectivity index (χ2n) is 6.74. The van der Waals surface area contributed by atoms with Crippen molar-refractivity contribution in [1.82, 2.24) is 14.9 Å². The van der Waals surface area contributed by atoms with Crippen LogP contribution in [-0.2, 0) is 4.79 Å². The van der Waals surface area contributed by atoms with Gasteiger partial charge in [-0.15, -0.1) is 11.3 Å². The van der Waals surface area contributed by atoms with Crippen LogP contribution in [0.3, 0.4) is 0 Å². The normalized spacial score (nSPS) is 11.5. The summed E-state index contributed by atoms with van der Waals surface area (Å²) >= 11 is 7.07. The third kappa shape index (κ3) is 4.93. The van der Waals surface area contributed by atoms with E-state index in [-0.39, 0.29) is 5.56 Å². The SMILES string of the molecule is O=C(NC(C(=O)Nc1ccc(-n2ccncc2=O)cc1)c1ccccc1)c1ccc(Cl)s1. The molecule has 9 heteroatoms. The van der Waals surface area contributed by atoms with Crippen molar-refractivity contribution in [3.05, 3.63) is 110 Å². The Kier molecular flexibility index (Phi) is 6.44. The molecule has 0 bridgehead atoms. The lowest BCUT2D eigenvalue weighted by molar-refractivity contribution is -0.118. The first-order valence-corrected chi connectivity index (χ1v) is 10.8. The molecule has 0 aliphatic carbocycles. The van der Waals surface area contributed by atoms with Gasteiger partial charge < -0.3 is 10.6 Å². The number of thiophene rings is 1. The molecule has 1 unspecified atom stereocenters. The molecule has 0 aliphatic heterocycles. The van der Waals surface area contributed by atoms with Gasteiger partial charge >= 0.3 is 0 Å². The second-order valence-corrected chi connectivity index (χ2v) is 8.46. The van der Waals surface area contributed by atoms with Gasteiger partial charge in [0.05, 0.1) is 15.4 Å². The molecular weight excluding hydrogens is 448 g/mol. The quantitative estimate of drug-likeness (QED) is 0.450. The molecule has 160 valence electrons. The van der Waals surface area contributed by atoms with Gasteiger partial charge in [0.1, 0.15) is 6.04 Å². The summed E-state index contributed by atoms with van der Waals surface area (Å²) in [5.74, 6) is -0.792. The molecule has 2 aromatic carbocycles. The Bertz CT molecular complexity index is 1300. The number of hydrogen-bond donors (Lipinski definition) is 2. The average Bonchev–Trinajstić information content (AvgIpc) is 3.25. The van der Waals surface area contributed by atoms with E-state index >= 15 is 0 Å². The summed E-state index contributed by atoms with van der Waals surface area (Å²) in [5.41, 5.74) is 1.54. The molecule has 4 rings (SSSR count). The van der Waals surface area contributed by atoms with Crippen LogP contribution < -0.4 is 16.2 Å². The van der Waals surface area contributed by atoms with Crippen LogP contribution in [0.2, 0.25) is 4.34 Å². The van der Waals surface area contributed by atoms with Crippen molar-refractivity contribution in [2.45, 2.75) is 6.04 Å². The molecule has 2 heterocycles. The van der Waals surface area contributed by atoms with Gasteiger partial charge in [0.2, 0.25) is 0 Å². The third-order valence-corrected chi connectivity index (χ3v) is 5.83. The molecule has 0 saturated heterocycles. The Balaban J connectivity index is 1.54. The van der Waals surface area contributed by atoms with E-state index in [1.165, 1.54) is 17.0 Å². The second kappa shape index (κ2) is 9.59. The van der Waals surface area contributed by atoms with Gasteiger partial charge in [0.25, 0.3) is 17.4 Å². The first kappa shape index (κ1) is 21.5. The number of anilines is 1. The predicted octanol–water partition coefficient (Wildman–Crippen LogP) is 4.06. The zero-order valence-corrected chi connectivity index (χ0v) is 18.1. The van der Waals surface area contributed by atoms with Crippen molar-refractivity contribution >= 4 is 40.4 Å². The number of nitrogens with zero attached hydrogens (tertiary/aromatic N) is 2. The fourth-order valence-electron chi connectivity index (χ4n) is 3.07. The van der Waals surface area contributed by atoms with E-state index in [0.29, 0.717) is 26.2 Å². The Morgan fingerprint density at radius 2 is 1.75 bits per heavy atom. The molecule has 0 saturated carbocycles. The van der Waals surface area contributed by atoms with Gasteiger partial charge in [0, 0.05) is 23.8 Å². The number of nitrogens with one attached hydrogen (secondary N) is 2. The van der Waals surface area contributed by atoms with E-state index in [0.717, 1.165) is 11.3 Å². The van der Waals surface area contributed by atoms with Crippen LogP contribution in [0.4, 0.5) is 5.69 Å². The van der Waals surface area contributed by atoms with Gasteiger partial charge in [-0.25, -0.2) is 0 Å². The lowest BCUT2D eigenvalue weighted by Crippen LogP contribution is -2.36. The van der Waals surface area contributed by atoms with Crippen molar-refractivity contribution in [3.63, 3.8) is 0 Å². The molecule has 2 amide bonds. The molecule has 0 spiro atoms. The Hall–Kier alpha value is -3.75. The smallest absolute Gasteiger partial charge is 0.273 e. The lowest BCUT2D eigenvalue weighted by Gasteiger charge is -2.19.